The second-order valence-electron chi connectivity index (χ2n) is 6.04. The molecule has 2 fully saturated rings. The van der Waals surface area contributed by atoms with Gasteiger partial charge in [-0.25, -0.2) is 4.98 Å². The largest absolute Gasteiger partial charge is 0.392 e. The number of piperidine rings is 1. The molecular weight excluding hydrogens is 284 g/mol. The van der Waals surface area contributed by atoms with Crippen molar-refractivity contribution in [3.8, 4) is 0 Å². The highest BCUT2D eigenvalue weighted by atomic mass is 16.5. The smallest absolute Gasteiger partial charge is 0.268 e. The summed E-state index contributed by atoms with van der Waals surface area (Å²) >= 11 is 0. The predicted molar refractivity (Wildman–Crippen MR) is 80.5 cm³/mol. The second kappa shape index (κ2) is 5.81. The van der Waals surface area contributed by atoms with Crippen molar-refractivity contribution < 1.29 is 14.6 Å². The Labute approximate surface area is 129 Å². The summed E-state index contributed by atoms with van der Waals surface area (Å²) in [5.74, 6) is 0.0848. The molecule has 1 spiro atoms. The molecule has 120 valence electrons. The fourth-order valence-electron chi connectivity index (χ4n) is 3.60. The number of aliphatic hydroxyl groups excluding tert-OH is 1. The third kappa shape index (κ3) is 2.44. The maximum Gasteiger partial charge on any atom is 0.268 e. The molecule has 0 radical (unpaired) electrons. The van der Waals surface area contributed by atoms with Crippen LogP contribution in [-0.2, 0) is 4.74 Å². The van der Waals surface area contributed by atoms with Gasteiger partial charge in [0.15, 0.2) is 0 Å². The van der Waals surface area contributed by atoms with Crippen molar-refractivity contribution in [2.24, 2.45) is 11.1 Å². The molecule has 1 amide bonds. The number of nitrogens with two attached hydrogens (primary N) is 1. The number of aromatic nitrogens is 2. The van der Waals surface area contributed by atoms with Crippen LogP contribution in [0.5, 0.6) is 0 Å². The number of ether oxygens (including phenoxy) is 1. The molecule has 1 saturated heterocycles. The topological polar surface area (TPSA) is 102 Å². The maximum absolute atomic E-state index is 11.2. The molecule has 1 saturated carbocycles. The number of nitrogens with zero attached hydrogens (tertiary/aromatic N) is 3. The molecule has 2 aliphatic rings. The van der Waals surface area contributed by atoms with Crippen LogP contribution in [0.15, 0.2) is 12.4 Å². The van der Waals surface area contributed by atoms with Gasteiger partial charge in [-0.15, -0.1) is 0 Å². The number of aliphatic hydroxyl groups is 1. The van der Waals surface area contributed by atoms with E-state index in [-0.39, 0.29) is 23.3 Å². The first-order chi connectivity index (χ1) is 10.6. The van der Waals surface area contributed by atoms with Gasteiger partial charge in [0.1, 0.15) is 11.5 Å². The monoisotopic (exact) mass is 306 g/mol. The molecule has 7 heteroatoms. The summed E-state index contributed by atoms with van der Waals surface area (Å²) in [7, 11) is 0. The van der Waals surface area contributed by atoms with Crippen molar-refractivity contribution in [2.75, 3.05) is 24.6 Å². The number of rotatable bonds is 4. The summed E-state index contributed by atoms with van der Waals surface area (Å²) in [5, 5.41) is 10.2. The van der Waals surface area contributed by atoms with Crippen LogP contribution in [0.3, 0.4) is 0 Å². The highest BCUT2D eigenvalue weighted by molar-refractivity contribution is 5.90. The van der Waals surface area contributed by atoms with Crippen LogP contribution in [0.4, 0.5) is 5.82 Å². The summed E-state index contributed by atoms with van der Waals surface area (Å²) in [6.45, 7) is 4.18. The van der Waals surface area contributed by atoms with E-state index in [0.29, 0.717) is 12.4 Å². The number of primary amides is 1. The Hall–Kier alpha value is -1.73. The van der Waals surface area contributed by atoms with Crippen LogP contribution < -0.4 is 10.6 Å². The fourth-order valence-corrected chi connectivity index (χ4v) is 3.60. The fraction of sp³-hybridized carbons (Fsp3) is 0.667. The number of amides is 1. The molecule has 1 aliphatic heterocycles. The van der Waals surface area contributed by atoms with Gasteiger partial charge in [0, 0.05) is 31.5 Å². The standard InChI is InChI=1S/C15H22N4O3/c1-2-22-12-7-11(20)15(12)3-5-19(6-4-15)13-9-17-8-10(18-13)14(16)21/h8-9,11-12,20H,2-7H2,1H3,(H2,16,21)/t11-,12+/m1/s1. The van der Waals surface area contributed by atoms with Crippen LogP contribution in [-0.4, -0.2) is 52.9 Å². The Kier molecular flexibility index (Phi) is 4.01. The van der Waals surface area contributed by atoms with E-state index in [9.17, 15) is 9.90 Å². The van der Waals surface area contributed by atoms with Crippen LogP contribution in [0.2, 0.25) is 0 Å². The number of anilines is 1. The Balaban J connectivity index is 1.69. The number of carbonyl (C=O) groups excluding carboxylic acids is 1. The van der Waals surface area contributed by atoms with E-state index < -0.39 is 5.91 Å². The van der Waals surface area contributed by atoms with Crippen molar-refractivity contribution in [1.29, 1.82) is 0 Å². The zero-order valence-corrected chi connectivity index (χ0v) is 12.7. The number of hydrogen-bond donors (Lipinski definition) is 2. The van der Waals surface area contributed by atoms with Crippen molar-refractivity contribution in [2.45, 2.75) is 38.4 Å². The highest BCUT2D eigenvalue weighted by Gasteiger charge is 2.56. The van der Waals surface area contributed by atoms with Gasteiger partial charge in [-0.05, 0) is 19.8 Å². The van der Waals surface area contributed by atoms with Gasteiger partial charge in [0.2, 0.25) is 0 Å². The average molecular weight is 306 g/mol. The summed E-state index contributed by atoms with van der Waals surface area (Å²) in [4.78, 5) is 21.6. The lowest BCUT2D eigenvalue weighted by molar-refractivity contribution is -0.199. The molecular formula is C15H22N4O3. The molecule has 3 rings (SSSR count). The number of hydrogen-bond acceptors (Lipinski definition) is 6. The Morgan fingerprint density at radius 2 is 2.23 bits per heavy atom. The van der Waals surface area contributed by atoms with E-state index in [2.05, 4.69) is 14.9 Å². The molecule has 1 aromatic rings. The van der Waals surface area contributed by atoms with Crippen LogP contribution in [0.25, 0.3) is 0 Å². The van der Waals surface area contributed by atoms with Gasteiger partial charge in [0.25, 0.3) is 5.91 Å². The summed E-state index contributed by atoms with van der Waals surface area (Å²) in [6, 6.07) is 0. The van der Waals surface area contributed by atoms with Crippen LogP contribution in [0, 0.1) is 5.41 Å². The third-order valence-electron chi connectivity index (χ3n) is 5.00. The molecule has 2 heterocycles. The first-order valence-electron chi connectivity index (χ1n) is 7.73. The molecule has 7 nitrogen and oxygen atoms in total. The Bertz CT molecular complexity index is 555. The lowest BCUT2D eigenvalue weighted by Gasteiger charge is -2.56. The van der Waals surface area contributed by atoms with Crippen molar-refractivity contribution in [3.63, 3.8) is 0 Å². The molecule has 2 atom stereocenters. The van der Waals surface area contributed by atoms with Crippen molar-refractivity contribution in [3.05, 3.63) is 18.1 Å². The highest BCUT2D eigenvalue weighted by Crippen LogP contribution is 2.51. The summed E-state index contributed by atoms with van der Waals surface area (Å²) in [5.41, 5.74) is 5.30. The van der Waals surface area contributed by atoms with E-state index in [1.807, 2.05) is 6.92 Å². The average Bonchev–Trinajstić information content (AvgIpc) is 2.55. The van der Waals surface area contributed by atoms with E-state index in [1.54, 1.807) is 6.20 Å². The van der Waals surface area contributed by atoms with Gasteiger partial charge in [-0.3, -0.25) is 9.78 Å². The first kappa shape index (κ1) is 15.2. The summed E-state index contributed by atoms with van der Waals surface area (Å²) < 4.78 is 5.77. The van der Waals surface area contributed by atoms with E-state index in [0.717, 1.165) is 32.4 Å². The van der Waals surface area contributed by atoms with E-state index >= 15 is 0 Å². The van der Waals surface area contributed by atoms with Crippen LogP contribution >= 0.6 is 0 Å². The SMILES string of the molecule is CCO[C@H]1C[C@@H](O)C12CCN(c1cncc(C(N)=O)n1)CC2. The molecule has 22 heavy (non-hydrogen) atoms. The Morgan fingerprint density at radius 1 is 1.50 bits per heavy atom. The van der Waals surface area contributed by atoms with Crippen LogP contribution in [0.1, 0.15) is 36.7 Å². The minimum atomic E-state index is -0.575. The lowest BCUT2D eigenvalue weighted by atomic mass is 9.58. The quantitative estimate of drug-likeness (QED) is 0.831. The van der Waals surface area contributed by atoms with E-state index in [1.165, 1.54) is 6.20 Å². The minimum Gasteiger partial charge on any atom is -0.392 e. The van der Waals surface area contributed by atoms with E-state index in [4.69, 9.17) is 10.5 Å². The minimum absolute atomic E-state index is 0.124. The molecule has 3 N–H and O–H groups in total. The lowest BCUT2D eigenvalue weighted by Crippen LogP contribution is -2.62. The Morgan fingerprint density at radius 3 is 2.82 bits per heavy atom. The van der Waals surface area contributed by atoms with Gasteiger partial charge >= 0.3 is 0 Å². The van der Waals surface area contributed by atoms with Crippen molar-refractivity contribution in [1.82, 2.24) is 9.97 Å². The first-order valence-corrected chi connectivity index (χ1v) is 7.73. The molecule has 1 aliphatic carbocycles. The second-order valence-corrected chi connectivity index (χ2v) is 6.04. The predicted octanol–water partition coefficient (Wildman–Crippen LogP) is 0.332. The van der Waals surface area contributed by atoms with Gasteiger partial charge in [0.05, 0.1) is 24.6 Å². The maximum atomic E-state index is 11.2. The van der Waals surface area contributed by atoms with Gasteiger partial charge in [-0.1, -0.05) is 0 Å². The van der Waals surface area contributed by atoms with Crippen molar-refractivity contribution >= 4 is 11.7 Å². The molecule has 1 aromatic heterocycles. The zero-order chi connectivity index (χ0) is 15.7. The third-order valence-corrected chi connectivity index (χ3v) is 5.00. The van der Waals surface area contributed by atoms with Gasteiger partial charge < -0.3 is 20.5 Å². The molecule has 0 aromatic carbocycles. The normalized spacial score (nSPS) is 26.7. The van der Waals surface area contributed by atoms with Gasteiger partial charge in [-0.2, -0.15) is 0 Å². The molecule has 0 bridgehead atoms. The molecule has 0 unspecified atom stereocenters. The number of carbonyl (C=O) groups is 1. The zero-order valence-electron chi connectivity index (χ0n) is 12.7. The summed E-state index contributed by atoms with van der Waals surface area (Å²) in [6.07, 6.45) is 5.31.